The van der Waals surface area contributed by atoms with E-state index in [0.717, 1.165) is 43.1 Å². The number of hydrogen-bond donors (Lipinski definition) is 2. The van der Waals surface area contributed by atoms with Gasteiger partial charge in [-0.3, -0.25) is 18.3 Å². The minimum Gasteiger partial charge on any atom is -0.444 e. The Bertz CT molecular complexity index is 958. The fraction of sp³-hybridized carbons (Fsp3) is 0.458. The van der Waals surface area contributed by atoms with E-state index < -0.39 is 16.6 Å². The minimum absolute atomic E-state index is 0.259. The quantitative estimate of drug-likeness (QED) is 0.619. The van der Waals surface area contributed by atoms with Crippen LogP contribution >= 0.6 is 11.0 Å². The minimum atomic E-state index is -3.20. The van der Waals surface area contributed by atoms with Crippen LogP contribution in [0.15, 0.2) is 54.6 Å². The zero-order valence-electron chi connectivity index (χ0n) is 19.6. The van der Waals surface area contributed by atoms with E-state index in [1.54, 1.807) is 13.5 Å². The zero-order chi connectivity index (χ0) is 23.6. The lowest BCUT2D eigenvalue weighted by Gasteiger charge is -2.44. The maximum absolute atomic E-state index is 12.3. The Morgan fingerprint density at radius 2 is 1.52 bits per heavy atom. The number of carbonyl (C=O) groups is 1. The van der Waals surface area contributed by atoms with Gasteiger partial charge in [-0.15, -0.1) is 0 Å². The monoisotopic (exact) mass is 474 g/mol. The Kier molecular flexibility index (Phi) is 6.76. The van der Waals surface area contributed by atoms with Crippen LogP contribution in [-0.2, 0) is 4.74 Å². The summed E-state index contributed by atoms with van der Waals surface area (Å²) in [4.78, 5) is 16.3. The molecule has 33 heavy (non-hydrogen) atoms. The molecule has 0 aromatic heterocycles. The van der Waals surface area contributed by atoms with Crippen molar-refractivity contribution in [2.75, 3.05) is 47.9 Å². The van der Waals surface area contributed by atoms with Crippen LogP contribution in [0.2, 0.25) is 0 Å². The van der Waals surface area contributed by atoms with Gasteiger partial charge in [0.25, 0.3) is 0 Å². The van der Waals surface area contributed by atoms with Crippen molar-refractivity contribution in [3.05, 3.63) is 54.6 Å². The van der Waals surface area contributed by atoms with Crippen LogP contribution < -0.4 is 8.61 Å². The van der Waals surface area contributed by atoms with Crippen LogP contribution in [-0.4, -0.2) is 69.9 Å². The molecule has 0 aliphatic carbocycles. The van der Waals surface area contributed by atoms with Gasteiger partial charge in [0, 0.05) is 39.3 Å². The SMILES string of the molecule is CC(C)(C)OC(=O)N1CCN(CCCN2c3ccccc3N(c3ccccc3)S2(O)O)CC1. The van der Waals surface area contributed by atoms with Crippen molar-refractivity contribution >= 4 is 34.1 Å². The van der Waals surface area contributed by atoms with E-state index >= 15 is 0 Å². The molecule has 0 spiro atoms. The van der Waals surface area contributed by atoms with E-state index in [1.807, 2.05) is 75.4 Å². The maximum Gasteiger partial charge on any atom is 0.410 e. The molecular weight excluding hydrogens is 440 g/mol. The molecule has 2 aromatic rings. The molecule has 2 aromatic carbocycles. The van der Waals surface area contributed by atoms with Crippen molar-refractivity contribution in [2.45, 2.75) is 32.8 Å². The number of piperazine rings is 1. The Hall–Kier alpha value is -2.46. The summed E-state index contributed by atoms with van der Waals surface area (Å²) in [5.41, 5.74) is 1.90. The van der Waals surface area contributed by atoms with E-state index in [1.165, 1.54) is 0 Å². The largest absolute Gasteiger partial charge is 0.444 e. The molecule has 2 N–H and O–H groups in total. The van der Waals surface area contributed by atoms with Gasteiger partial charge in [-0.2, -0.15) is 0 Å². The van der Waals surface area contributed by atoms with Crippen LogP contribution in [0.5, 0.6) is 0 Å². The third-order valence-corrected chi connectivity index (χ3v) is 7.63. The average Bonchev–Trinajstić information content (AvgIpc) is 3.00. The summed E-state index contributed by atoms with van der Waals surface area (Å²) in [6.45, 7) is 9.81. The summed E-state index contributed by atoms with van der Waals surface area (Å²) in [5, 5.41) is 0. The normalized spacial score (nSPS) is 19.4. The van der Waals surface area contributed by atoms with Crippen LogP contribution in [0.3, 0.4) is 0 Å². The summed E-state index contributed by atoms with van der Waals surface area (Å²) >= 11 is 0. The smallest absolute Gasteiger partial charge is 0.410 e. The summed E-state index contributed by atoms with van der Waals surface area (Å²) < 4.78 is 31.3. The van der Waals surface area contributed by atoms with Crippen molar-refractivity contribution in [3.8, 4) is 0 Å². The number of fused-ring (bicyclic) bond motifs is 1. The molecule has 2 aliphatic heterocycles. The zero-order valence-corrected chi connectivity index (χ0v) is 20.4. The lowest BCUT2D eigenvalue weighted by molar-refractivity contribution is 0.0145. The first-order valence-electron chi connectivity index (χ1n) is 11.4. The molecule has 0 unspecified atom stereocenters. The predicted octanol–water partition coefficient (Wildman–Crippen LogP) is 5.17. The number of amides is 1. The number of carbonyl (C=O) groups excluding carboxylic acids is 1. The van der Waals surface area contributed by atoms with E-state index in [4.69, 9.17) is 4.74 Å². The standard InChI is InChI=1S/C24H34N4O4S/c1-24(2,3)32-23(29)26-18-16-25(17-19-26)14-9-15-27-21-12-7-8-13-22(21)28(33(27,30)31)20-10-5-4-6-11-20/h4-8,10-13,30-31H,9,14-19H2,1-3H3. The Morgan fingerprint density at radius 3 is 2.15 bits per heavy atom. The van der Waals surface area contributed by atoms with Gasteiger partial charge in [-0.25, -0.2) is 9.10 Å². The molecule has 9 heteroatoms. The number of rotatable bonds is 5. The van der Waals surface area contributed by atoms with E-state index in [2.05, 4.69) is 4.90 Å². The first kappa shape index (κ1) is 23.7. The molecule has 1 saturated heterocycles. The molecule has 2 aliphatic rings. The van der Waals surface area contributed by atoms with Crippen LogP contribution in [0, 0.1) is 0 Å². The number of ether oxygens (including phenoxy) is 1. The lowest BCUT2D eigenvalue weighted by atomic mass is 10.2. The van der Waals surface area contributed by atoms with Crippen molar-refractivity contribution in [1.82, 2.24) is 9.80 Å². The molecule has 0 bridgehead atoms. The molecule has 4 rings (SSSR count). The van der Waals surface area contributed by atoms with Gasteiger partial charge >= 0.3 is 6.09 Å². The summed E-state index contributed by atoms with van der Waals surface area (Å²) in [6, 6.07) is 17.2. The maximum atomic E-state index is 12.3. The highest BCUT2D eigenvalue weighted by atomic mass is 32.3. The predicted molar refractivity (Wildman–Crippen MR) is 134 cm³/mol. The van der Waals surface area contributed by atoms with Gasteiger partial charge in [0.15, 0.2) is 0 Å². The molecule has 0 radical (unpaired) electrons. The Labute approximate surface area is 198 Å². The molecule has 1 amide bonds. The Morgan fingerprint density at radius 1 is 0.909 bits per heavy atom. The highest BCUT2D eigenvalue weighted by molar-refractivity contribution is 8.27. The topological polar surface area (TPSA) is 79.7 Å². The number of anilines is 3. The van der Waals surface area contributed by atoms with Gasteiger partial charge in [0.2, 0.25) is 0 Å². The van der Waals surface area contributed by atoms with Gasteiger partial charge in [0.05, 0.1) is 17.1 Å². The van der Waals surface area contributed by atoms with Crippen molar-refractivity contribution < 1.29 is 18.6 Å². The highest BCUT2D eigenvalue weighted by Crippen LogP contribution is 2.63. The summed E-state index contributed by atoms with van der Waals surface area (Å²) in [7, 11) is -3.20. The first-order valence-corrected chi connectivity index (χ1v) is 12.8. The van der Waals surface area contributed by atoms with Crippen molar-refractivity contribution in [2.24, 2.45) is 0 Å². The number of hydrogen-bond acceptors (Lipinski definition) is 7. The molecule has 8 nitrogen and oxygen atoms in total. The summed E-state index contributed by atoms with van der Waals surface area (Å²) in [6.07, 6.45) is 0.519. The second-order valence-corrected chi connectivity index (χ2v) is 11.2. The fourth-order valence-electron chi connectivity index (χ4n) is 4.21. The number of para-hydroxylation sites is 3. The molecule has 180 valence electrons. The van der Waals surface area contributed by atoms with E-state index in [9.17, 15) is 13.9 Å². The van der Waals surface area contributed by atoms with E-state index in [-0.39, 0.29) is 6.09 Å². The highest BCUT2D eigenvalue weighted by Gasteiger charge is 2.41. The van der Waals surface area contributed by atoms with Crippen molar-refractivity contribution in [1.29, 1.82) is 0 Å². The van der Waals surface area contributed by atoms with Gasteiger partial charge in [-0.1, -0.05) is 30.3 Å². The molecule has 0 atom stereocenters. The average molecular weight is 475 g/mol. The number of nitrogens with zero attached hydrogens (tertiary/aromatic N) is 4. The molecule has 1 fully saturated rings. The lowest BCUT2D eigenvalue weighted by Crippen LogP contribution is -2.50. The van der Waals surface area contributed by atoms with Crippen LogP contribution in [0.25, 0.3) is 0 Å². The van der Waals surface area contributed by atoms with Crippen LogP contribution in [0.4, 0.5) is 21.9 Å². The third kappa shape index (κ3) is 5.22. The van der Waals surface area contributed by atoms with Crippen molar-refractivity contribution in [3.63, 3.8) is 0 Å². The second-order valence-electron chi connectivity index (χ2n) is 9.37. The molecule has 2 heterocycles. The van der Waals surface area contributed by atoms with E-state index in [0.29, 0.717) is 19.6 Å². The van der Waals surface area contributed by atoms with Crippen LogP contribution in [0.1, 0.15) is 27.2 Å². The van der Waals surface area contributed by atoms with Gasteiger partial charge in [0.1, 0.15) is 5.60 Å². The van der Waals surface area contributed by atoms with Gasteiger partial charge < -0.3 is 9.64 Å². The first-order chi connectivity index (χ1) is 15.7. The third-order valence-electron chi connectivity index (χ3n) is 5.76. The fourth-order valence-corrected chi connectivity index (χ4v) is 6.03. The molecular formula is C24H34N4O4S. The Balaban J connectivity index is 1.35. The summed E-state index contributed by atoms with van der Waals surface area (Å²) in [5.74, 6) is 0. The number of benzene rings is 2. The molecule has 0 saturated carbocycles. The van der Waals surface area contributed by atoms with Gasteiger partial charge in [-0.05, 0) is 62.4 Å². The second kappa shape index (κ2) is 9.42.